The summed E-state index contributed by atoms with van der Waals surface area (Å²) >= 11 is 0. The van der Waals surface area contributed by atoms with E-state index < -0.39 is 0 Å². The predicted molar refractivity (Wildman–Crippen MR) is 45.4 cm³/mol. The molecule has 1 saturated heterocycles. The largest absolute Gasteiger partial charge is 0.396 e. The number of aliphatic hydroxyl groups is 1. The monoisotopic (exact) mass is 172 g/mol. The van der Waals surface area contributed by atoms with Crippen LogP contribution in [0.3, 0.4) is 0 Å². The van der Waals surface area contributed by atoms with Gasteiger partial charge in [0.1, 0.15) is 0 Å². The lowest BCUT2D eigenvalue weighted by Gasteiger charge is -2.12. The first-order valence-electron chi connectivity index (χ1n) is 4.34. The minimum Gasteiger partial charge on any atom is -0.396 e. The van der Waals surface area contributed by atoms with Crippen molar-refractivity contribution in [2.45, 2.75) is 12.8 Å². The molecule has 4 nitrogen and oxygen atoms in total. The molecule has 1 aliphatic rings. The van der Waals surface area contributed by atoms with Crippen molar-refractivity contribution in [2.75, 3.05) is 26.2 Å². The Hall–Kier alpha value is -0.610. The maximum Gasteiger partial charge on any atom is 0.231 e. The number of carbonyl (C=O) groups excluding carboxylic acids is 1. The van der Waals surface area contributed by atoms with Crippen LogP contribution < -0.4 is 5.73 Å². The molecule has 0 aromatic carbocycles. The van der Waals surface area contributed by atoms with Crippen molar-refractivity contribution in [3.8, 4) is 0 Å². The van der Waals surface area contributed by atoms with Crippen LogP contribution >= 0.6 is 0 Å². The van der Waals surface area contributed by atoms with Gasteiger partial charge in [0.15, 0.2) is 0 Å². The lowest BCUT2D eigenvalue weighted by atomic mass is 10.1. The Morgan fingerprint density at radius 1 is 1.67 bits per heavy atom. The number of likely N-dealkylation sites (tertiary alicyclic amines) is 1. The number of rotatable bonds is 4. The molecule has 0 aromatic heterocycles. The van der Waals surface area contributed by atoms with Gasteiger partial charge in [0.2, 0.25) is 5.91 Å². The fraction of sp³-hybridized carbons (Fsp3) is 0.875. The molecular formula is C8H16N2O2. The Balaban J connectivity index is 2.21. The third-order valence-electron chi connectivity index (χ3n) is 2.29. The van der Waals surface area contributed by atoms with E-state index in [0.717, 1.165) is 25.9 Å². The zero-order valence-electron chi connectivity index (χ0n) is 7.20. The van der Waals surface area contributed by atoms with E-state index in [1.54, 1.807) is 0 Å². The van der Waals surface area contributed by atoms with Gasteiger partial charge in [-0.3, -0.25) is 9.69 Å². The highest BCUT2D eigenvalue weighted by atomic mass is 16.3. The number of nitrogens with zero attached hydrogens (tertiary/aromatic N) is 1. The number of hydrogen-bond acceptors (Lipinski definition) is 3. The van der Waals surface area contributed by atoms with Gasteiger partial charge in [-0.1, -0.05) is 0 Å². The van der Waals surface area contributed by atoms with Crippen LogP contribution in [0.15, 0.2) is 0 Å². The van der Waals surface area contributed by atoms with E-state index in [0.29, 0.717) is 12.5 Å². The zero-order chi connectivity index (χ0) is 8.97. The molecular weight excluding hydrogens is 156 g/mol. The average molecular weight is 172 g/mol. The second-order valence-corrected chi connectivity index (χ2v) is 3.37. The molecule has 1 amide bonds. The van der Waals surface area contributed by atoms with Crippen molar-refractivity contribution < 1.29 is 9.90 Å². The minimum atomic E-state index is -0.264. The van der Waals surface area contributed by atoms with Crippen LogP contribution in [0.5, 0.6) is 0 Å². The average Bonchev–Trinajstić information content (AvgIpc) is 2.36. The summed E-state index contributed by atoms with van der Waals surface area (Å²) < 4.78 is 0. The number of primary amides is 1. The summed E-state index contributed by atoms with van der Waals surface area (Å²) in [6.07, 6.45) is 1.92. The van der Waals surface area contributed by atoms with Crippen molar-refractivity contribution in [1.82, 2.24) is 4.90 Å². The van der Waals surface area contributed by atoms with Crippen LogP contribution in [0.25, 0.3) is 0 Å². The van der Waals surface area contributed by atoms with Crippen molar-refractivity contribution in [3.63, 3.8) is 0 Å². The van der Waals surface area contributed by atoms with Crippen molar-refractivity contribution in [3.05, 3.63) is 0 Å². The van der Waals surface area contributed by atoms with E-state index in [4.69, 9.17) is 10.8 Å². The van der Waals surface area contributed by atoms with E-state index in [-0.39, 0.29) is 12.5 Å². The highest BCUT2D eigenvalue weighted by Gasteiger charge is 2.22. The van der Waals surface area contributed by atoms with Crippen LogP contribution in [-0.4, -0.2) is 42.2 Å². The molecule has 0 aromatic rings. The van der Waals surface area contributed by atoms with E-state index in [1.807, 2.05) is 4.90 Å². The molecule has 1 atom stereocenters. The van der Waals surface area contributed by atoms with E-state index in [2.05, 4.69) is 0 Å². The summed E-state index contributed by atoms with van der Waals surface area (Å²) in [6.45, 7) is 2.45. The summed E-state index contributed by atoms with van der Waals surface area (Å²) in [5, 5.41) is 8.68. The number of carbonyl (C=O) groups is 1. The number of amides is 1. The molecule has 1 rings (SSSR count). The fourth-order valence-electron chi connectivity index (χ4n) is 1.70. The standard InChI is InChI=1S/C8H16N2O2/c9-8(12)6-10-3-1-7(5-10)2-4-11/h7,11H,1-6H2,(H2,9,12). The highest BCUT2D eigenvalue weighted by molar-refractivity contribution is 5.75. The summed E-state index contributed by atoms with van der Waals surface area (Å²) in [7, 11) is 0. The van der Waals surface area contributed by atoms with Gasteiger partial charge in [0.25, 0.3) is 0 Å². The van der Waals surface area contributed by atoms with Crippen LogP contribution in [0, 0.1) is 5.92 Å². The Labute approximate surface area is 72.3 Å². The van der Waals surface area contributed by atoms with Crippen molar-refractivity contribution in [1.29, 1.82) is 0 Å². The van der Waals surface area contributed by atoms with E-state index >= 15 is 0 Å². The van der Waals surface area contributed by atoms with Crippen LogP contribution in [0.1, 0.15) is 12.8 Å². The molecule has 1 aliphatic heterocycles. The molecule has 0 spiro atoms. The number of hydrogen-bond donors (Lipinski definition) is 2. The maximum atomic E-state index is 10.6. The van der Waals surface area contributed by atoms with Gasteiger partial charge in [0, 0.05) is 13.2 Å². The quantitative estimate of drug-likeness (QED) is 0.582. The summed E-state index contributed by atoms with van der Waals surface area (Å²) in [5.41, 5.74) is 5.06. The topological polar surface area (TPSA) is 66.6 Å². The Morgan fingerprint density at radius 3 is 3.00 bits per heavy atom. The first kappa shape index (κ1) is 9.48. The van der Waals surface area contributed by atoms with Crippen LogP contribution in [0.2, 0.25) is 0 Å². The Bertz CT molecular complexity index is 161. The smallest absolute Gasteiger partial charge is 0.231 e. The second-order valence-electron chi connectivity index (χ2n) is 3.37. The van der Waals surface area contributed by atoms with Gasteiger partial charge in [-0.25, -0.2) is 0 Å². The third kappa shape index (κ3) is 2.79. The molecule has 1 heterocycles. The van der Waals surface area contributed by atoms with E-state index in [9.17, 15) is 4.79 Å². The molecule has 1 fully saturated rings. The summed E-state index contributed by atoms with van der Waals surface area (Å²) in [6, 6.07) is 0. The molecule has 0 saturated carbocycles. The predicted octanol–water partition coefficient (Wildman–Crippen LogP) is -0.824. The number of nitrogens with two attached hydrogens (primary N) is 1. The van der Waals surface area contributed by atoms with Gasteiger partial charge in [0.05, 0.1) is 6.54 Å². The normalized spacial score (nSPS) is 24.6. The Morgan fingerprint density at radius 2 is 2.42 bits per heavy atom. The Kier molecular flexibility index (Phi) is 3.49. The lowest BCUT2D eigenvalue weighted by Crippen LogP contribution is -2.32. The highest BCUT2D eigenvalue weighted by Crippen LogP contribution is 2.18. The lowest BCUT2D eigenvalue weighted by molar-refractivity contribution is -0.118. The van der Waals surface area contributed by atoms with Gasteiger partial charge < -0.3 is 10.8 Å². The van der Waals surface area contributed by atoms with Gasteiger partial charge in [-0.05, 0) is 25.3 Å². The van der Waals surface area contributed by atoms with Crippen molar-refractivity contribution >= 4 is 5.91 Å². The molecule has 0 aliphatic carbocycles. The fourth-order valence-corrected chi connectivity index (χ4v) is 1.70. The maximum absolute atomic E-state index is 10.6. The van der Waals surface area contributed by atoms with Gasteiger partial charge >= 0.3 is 0 Å². The molecule has 0 radical (unpaired) electrons. The van der Waals surface area contributed by atoms with Crippen LogP contribution in [0.4, 0.5) is 0 Å². The number of aliphatic hydroxyl groups excluding tert-OH is 1. The summed E-state index contributed by atoms with van der Waals surface area (Å²) in [4.78, 5) is 12.6. The SMILES string of the molecule is NC(=O)CN1CCC(CCO)C1. The van der Waals surface area contributed by atoms with Crippen molar-refractivity contribution in [2.24, 2.45) is 11.7 Å². The minimum absolute atomic E-state index is 0.245. The first-order chi connectivity index (χ1) is 5.72. The summed E-state index contributed by atoms with van der Waals surface area (Å²) in [5.74, 6) is 0.286. The third-order valence-corrected chi connectivity index (χ3v) is 2.29. The first-order valence-corrected chi connectivity index (χ1v) is 4.34. The van der Waals surface area contributed by atoms with Crippen LogP contribution in [-0.2, 0) is 4.79 Å². The molecule has 4 heteroatoms. The molecule has 70 valence electrons. The van der Waals surface area contributed by atoms with E-state index in [1.165, 1.54) is 0 Å². The zero-order valence-corrected chi connectivity index (χ0v) is 7.20. The second kappa shape index (κ2) is 4.42. The molecule has 1 unspecified atom stereocenters. The van der Waals surface area contributed by atoms with Gasteiger partial charge in [-0.2, -0.15) is 0 Å². The van der Waals surface area contributed by atoms with Gasteiger partial charge in [-0.15, -0.1) is 0 Å². The molecule has 0 bridgehead atoms. The molecule has 12 heavy (non-hydrogen) atoms. The molecule has 3 N–H and O–H groups in total.